The summed E-state index contributed by atoms with van der Waals surface area (Å²) in [6.45, 7) is 5.24. The number of ether oxygens (including phenoxy) is 1. The number of thiophene rings is 1. The minimum atomic E-state index is 0. The molecule has 0 bridgehead atoms. The Labute approximate surface area is 183 Å². The molecule has 27 heavy (non-hydrogen) atoms. The Kier molecular flexibility index (Phi) is 10.1. The zero-order valence-corrected chi connectivity index (χ0v) is 18.9. The monoisotopic (exact) mass is 500 g/mol. The molecule has 1 unspecified atom stereocenters. The summed E-state index contributed by atoms with van der Waals surface area (Å²) in [5.41, 5.74) is 1.33. The van der Waals surface area contributed by atoms with Crippen LogP contribution >= 0.6 is 35.3 Å². The van der Waals surface area contributed by atoms with Crippen LogP contribution in [0.3, 0.4) is 0 Å². The molecule has 2 aromatic rings. The number of nitrogens with zero attached hydrogens (tertiary/aromatic N) is 2. The molecule has 148 valence electrons. The van der Waals surface area contributed by atoms with Crippen LogP contribution in [0.4, 0.5) is 0 Å². The number of halogens is 1. The summed E-state index contributed by atoms with van der Waals surface area (Å²) in [5, 5.41) is 9.05. The first-order chi connectivity index (χ1) is 12.9. The molecule has 0 spiro atoms. The van der Waals surface area contributed by atoms with E-state index in [4.69, 9.17) is 4.74 Å². The average molecular weight is 500 g/mol. The minimum absolute atomic E-state index is 0. The highest BCUT2D eigenvalue weighted by molar-refractivity contribution is 14.0. The molecule has 0 saturated carbocycles. The van der Waals surface area contributed by atoms with Gasteiger partial charge in [-0.2, -0.15) is 0 Å². The van der Waals surface area contributed by atoms with Gasteiger partial charge in [0.05, 0.1) is 19.3 Å². The zero-order valence-electron chi connectivity index (χ0n) is 15.8. The van der Waals surface area contributed by atoms with E-state index < -0.39 is 0 Å². The summed E-state index contributed by atoms with van der Waals surface area (Å²) in [7, 11) is 1.83. The molecule has 7 heteroatoms. The molecule has 1 atom stereocenters. The van der Waals surface area contributed by atoms with Crippen molar-refractivity contribution >= 4 is 41.3 Å². The molecule has 1 aromatic carbocycles. The van der Waals surface area contributed by atoms with Gasteiger partial charge < -0.3 is 15.4 Å². The number of nitrogens with one attached hydrogen (secondary N) is 2. The maximum absolute atomic E-state index is 5.52. The lowest BCUT2D eigenvalue weighted by Gasteiger charge is -2.35. The van der Waals surface area contributed by atoms with E-state index in [1.807, 2.05) is 7.05 Å². The van der Waals surface area contributed by atoms with E-state index in [-0.39, 0.29) is 24.0 Å². The van der Waals surface area contributed by atoms with Crippen molar-refractivity contribution in [3.05, 3.63) is 58.3 Å². The summed E-state index contributed by atoms with van der Waals surface area (Å²) >= 11 is 1.80. The van der Waals surface area contributed by atoms with Gasteiger partial charge in [-0.1, -0.05) is 36.4 Å². The van der Waals surface area contributed by atoms with Crippen molar-refractivity contribution in [1.82, 2.24) is 15.5 Å². The van der Waals surface area contributed by atoms with Crippen molar-refractivity contribution in [2.24, 2.45) is 4.99 Å². The van der Waals surface area contributed by atoms with Crippen LogP contribution in [0.15, 0.2) is 52.8 Å². The highest BCUT2D eigenvalue weighted by Gasteiger charge is 2.22. The topological polar surface area (TPSA) is 48.9 Å². The molecular weight excluding hydrogens is 471 g/mol. The Morgan fingerprint density at radius 3 is 2.59 bits per heavy atom. The normalized spacial score (nSPS) is 16.4. The maximum atomic E-state index is 5.52. The number of morpholine rings is 1. The Morgan fingerprint density at radius 1 is 1.15 bits per heavy atom. The van der Waals surface area contributed by atoms with Gasteiger partial charge >= 0.3 is 0 Å². The summed E-state index contributed by atoms with van der Waals surface area (Å²) in [5.74, 6) is 0.857. The van der Waals surface area contributed by atoms with Gasteiger partial charge in [0.15, 0.2) is 5.96 Å². The smallest absolute Gasteiger partial charge is 0.191 e. The predicted octanol–water partition coefficient (Wildman–Crippen LogP) is 3.15. The molecule has 2 heterocycles. The molecule has 1 aliphatic heterocycles. The molecule has 1 fully saturated rings. The highest BCUT2D eigenvalue weighted by Crippen LogP contribution is 2.21. The van der Waals surface area contributed by atoms with Crippen molar-refractivity contribution in [1.29, 1.82) is 0 Å². The van der Waals surface area contributed by atoms with Crippen LogP contribution in [0.25, 0.3) is 0 Å². The first-order valence-electron chi connectivity index (χ1n) is 9.20. The van der Waals surface area contributed by atoms with Crippen LogP contribution < -0.4 is 10.6 Å². The number of benzene rings is 1. The lowest BCUT2D eigenvalue weighted by molar-refractivity contribution is 0.0170. The van der Waals surface area contributed by atoms with Gasteiger partial charge in [0.1, 0.15) is 0 Å². The molecule has 5 nitrogen and oxygen atoms in total. The van der Waals surface area contributed by atoms with E-state index in [2.05, 4.69) is 68.4 Å². The van der Waals surface area contributed by atoms with E-state index in [1.54, 1.807) is 11.3 Å². The van der Waals surface area contributed by atoms with Crippen molar-refractivity contribution in [2.75, 3.05) is 46.4 Å². The number of aliphatic imine (C=N–C) groups is 1. The molecule has 1 aliphatic rings. The fraction of sp³-hybridized carbons (Fsp3) is 0.450. The van der Waals surface area contributed by atoms with Crippen LogP contribution in [-0.4, -0.2) is 57.3 Å². The molecule has 2 N–H and O–H groups in total. The molecule has 0 amide bonds. The minimum Gasteiger partial charge on any atom is -0.379 e. The van der Waals surface area contributed by atoms with Gasteiger partial charge in [-0.25, -0.2) is 0 Å². The molecule has 0 radical (unpaired) electrons. The van der Waals surface area contributed by atoms with E-state index >= 15 is 0 Å². The highest BCUT2D eigenvalue weighted by atomic mass is 127. The van der Waals surface area contributed by atoms with Crippen LogP contribution in [0, 0.1) is 0 Å². The van der Waals surface area contributed by atoms with Gasteiger partial charge in [-0.05, 0) is 23.4 Å². The zero-order chi connectivity index (χ0) is 18.0. The lowest BCUT2D eigenvalue weighted by atomic mass is 10.0. The molecule has 1 saturated heterocycles. The quantitative estimate of drug-likeness (QED) is 0.349. The fourth-order valence-corrected chi connectivity index (χ4v) is 3.90. The van der Waals surface area contributed by atoms with Gasteiger partial charge in [0.2, 0.25) is 0 Å². The van der Waals surface area contributed by atoms with Crippen LogP contribution in [0.1, 0.15) is 16.5 Å². The van der Waals surface area contributed by atoms with Crippen molar-refractivity contribution in [3.63, 3.8) is 0 Å². The summed E-state index contributed by atoms with van der Waals surface area (Å²) < 4.78 is 5.52. The number of rotatable bonds is 7. The van der Waals surface area contributed by atoms with Crippen molar-refractivity contribution in [2.45, 2.75) is 12.5 Å². The van der Waals surface area contributed by atoms with E-state index in [9.17, 15) is 0 Å². The number of hydrogen-bond acceptors (Lipinski definition) is 4. The first kappa shape index (κ1) is 22.1. The second-order valence-corrected chi connectivity index (χ2v) is 7.32. The lowest BCUT2D eigenvalue weighted by Crippen LogP contribution is -2.46. The summed E-state index contributed by atoms with van der Waals surface area (Å²) in [6, 6.07) is 15.3. The number of hydrogen-bond donors (Lipinski definition) is 2. The molecular formula is C20H29IN4OS. The SMILES string of the molecule is CN=C(NCCc1cccs1)NCC(c1ccccc1)N1CCOCC1.I. The molecule has 1 aromatic heterocycles. The van der Waals surface area contributed by atoms with Crippen molar-refractivity contribution < 1.29 is 4.74 Å². The fourth-order valence-electron chi connectivity index (χ4n) is 3.20. The van der Waals surface area contributed by atoms with E-state index in [1.165, 1.54) is 10.4 Å². The molecule has 3 rings (SSSR count). The molecule has 0 aliphatic carbocycles. The van der Waals surface area contributed by atoms with Gasteiger partial charge in [0.25, 0.3) is 0 Å². The predicted molar refractivity (Wildman–Crippen MR) is 124 cm³/mol. The van der Waals surface area contributed by atoms with Crippen LogP contribution in [-0.2, 0) is 11.2 Å². The first-order valence-corrected chi connectivity index (χ1v) is 10.1. The third-order valence-corrected chi connectivity index (χ3v) is 5.54. The van der Waals surface area contributed by atoms with E-state index in [0.29, 0.717) is 6.04 Å². The standard InChI is InChI=1S/C20H28N4OS.HI/c1-21-20(22-10-9-18-8-5-15-26-18)23-16-19(17-6-3-2-4-7-17)24-11-13-25-14-12-24;/h2-8,15,19H,9-14,16H2,1H3,(H2,21,22,23);1H. The third kappa shape index (κ3) is 7.06. The Hall–Kier alpha value is -1.16. The van der Waals surface area contributed by atoms with Gasteiger partial charge in [-0.15, -0.1) is 35.3 Å². The van der Waals surface area contributed by atoms with E-state index in [0.717, 1.165) is 51.8 Å². The summed E-state index contributed by atoms with van der Waals surface area (Å²) in [6.07, 6.45) is 1.02. The third-order valence-electron chi connectivity index (χ3n) is 4.60. The Balaban J connectivity index is 0.00000261. The van der Waals surface area contributed by atoms with Crippen LogP contribution in [0.5, 0.6) is 0 Å². The van der Waals surface area contributed by atoms with Crippen molar-refractivity contribution in [3.8, 4) is 0 Å². The van der Waals surface area contributed by atoms with Crippen LogP contribution in [0.2, 0.25) is 0 Å². The average Bonchev–Trinajstić information content (AvgIpc) is 3.22. The Morgan fingerprint density at radius 2 is 1.93 bits per heavy atom. The van der Waals surface area contributed by atoms with Gasteiger partial charge in [-0.3, -0.25) is 9.89 Å². The number of guanidine groups is 1. The summed E-state index contributed by atoms with van der Waals surface area (Å²) in [4.78, 5) is 8.26. The maximum Gasteiger partial charge on any atom is 0.191 e. The second kappa shape index (κ2) is 12.3. The van der Waals surface area contributed by atoms with Gasteiger partial charge in [0, 0.05) is 38.1 Å². The Bertz CT molecular complexity index is 660. The largest absolute Gasteiger partial charge is 0.379 e. The second-order valence-electron chi connectivity index (χ2n) is 6.28.